The second-order valence-corrected chi connectivity index (χ2v) is 7.90. The van der Waals surface area contributed by atoms with Crippen LogP contribution >= 0.6 is 0 Å². The van der Waals surface area contributed by atoms with Gasteiger partial charge in [-0.1, -0.05) is 40.7 Å². The molecular weight excluding hydrogens is 230 g/mol. The van der Waals surface area contributed by atoms with Crippen molar-refractivity contribution < 1.29 is 0 Å². The zero-order chi connectivity index (χ0) is 14.3. The van der Waals surface area contributed by atoms with Crippen molar-refractivity contribution in [1.29, 1.82) is 0 Å². The molecule has 0 aromatic heterocycles. The zero-order valence-electron chi connectivity index (χ0n) is 13.5. The molecule has 0 spiro atoms. The van der Waals surface area contributed by atoms with Crippen LogP contribution in [-0.2, 0) is 5.41 Å². The molecule has 0 radical (unpaired) electrons. The Balaban J connectivity index is 2.17. The van der Waals surface area contributed by atoms with Gasteiger partial charge in [0.05, 0.1) is 0 Å². The average Bonchev–Trinajstić information content (AvgIpc) is 2.27. The summed E-state index contributed by atoms with van der Waals surface area (Å²) in [5.41, 5.74) is 5.06. The molecule has 0 N–H and O–H groups in total. The molecule has 0 amide bonds. The summed E-state index contributed by atoms with van der Waals surface area (Å²) in [4.78, 5) is 2.55. The van der Waals surface area contributed by atoms with E-state index in [4.69, 9.17) is 0 Å². The average molecular weight is 259 g/mol. The van der Waals surface area contributed by atoms with Crippen LogP contribution in [0.1, 0.15) is 58.6 Å². The van der Waals surface area contributed by atoms with Crippen molar-refractivity contribution in [1.82, 2.24) is 0 Å². The van der Waals surface area contributed by atoms with Crippen molar-refractivity contribution in [3.63, 3.8) is 0 Å². The van der Waals surface area contributed by atoms with E-state index in [1.165, 1.54) is 42.7 Å². The molecule has 0 atom stereocenters. The molecule has 1 heteroatoms. The maximum absolute atomic E-state index is 2.55. The first-order valence-corrected chi connectivity index (χ1v) is 7.55. The lowest BCUT2D eigenvalue weighted by molar-refractivity contribution is 0.280. The molecule has 106 valence electrons. The van der Waals surface area contributed by atoms with E-state index in [0.29, 0.717) is 5.41 Å². The molecule has 1 saturated heterocycles. The van der Waals surface area contributed by atoms with Crippen molar-refractivity contribution in [3.05, 3.63) is 29.3 Å². The van der Waals surface area contributed by atoms with Crippen LogP contribution in [0.25, 0.3) is 0 Å². The number of aryl methyl sites for hydroxylation is 1. The molecule has 2 rings (SSSR count). The maximum Gasteiger partial charge on any atom is 0.0369 e. The topological polar surface area (TPSA) is 3.24 Å². The van der Waals surface area contributed by atoms with E-state index in [0.717, 1.165) is 0 Å². The van der Waals surface area contributed by atoms with E-state index in [2.05, 4.69) is 64.6 Å². The second kappa shape index (κ2) is 4.85. The fourth-order valence-electron chi connectivity index (χ4n) is 3.06. The largest absolute Gasteiger partial charge is 0.371 e. The quantitative estimate of drug-likeness (QED) is 0.692. The SMILES string of the molecule is Cc1cc(N2CCC(C)(C)CC2)ccc1C(C)(C)C. The second-order valence-electron chi connectivity index (χ2n) is 7.90. The van der Waals surface area contributed by atoms with Crippen molar-refractivity contribution >= 4 is 5.69 Å². The summed E-state index contributed by atoms with van der Waals surface area (Å²) in [6, 6.07) is 7.01. The summed E-state index contributed by atoms with van der Waals surface area (Å²) < 4.78 is 0. The summed E-state index contributed by atoms with van der Waals surface area (Å²) >= 11 is 0. The number of nitrogens with zero attached hydrogens (tertiary/aromatic N) is 1. The molecule has 0 unspecified atom stereocenters. The Morgan fingerprint density at radius 1 is 1.05 bits per heavy atom. The van der Waals surface area contributed by atoms with Crippen LogP contribution in [0.2, 0.25) is 0 Å². The molecule has 19 heavy (non-hydrogen) atoms. The van der Waals surface area contributed by atoms with Crippen LogP contribution in [0, 0.1) is 12.3 Å². The van der Waals surface area contributed by atoms with Crippen LogP contribution in [0.4, 0.5) is 5.69 Å². The lowest BCUT2D eigenvalue weighted by Crippen LogP contribution is -2.37. The predicted molar refractivity (Wildman–Crippen MR) is 85.1 cm³/mol. The fraction of sp³-hybridized carbons (Fsp3) is 0.667. The molecular formula is C18H29N. The first-order valence-electron chi connectivity index (χ1n) is 7.55. The summed E-state index contributed by atoms with van der Waals surface area (Å²) in [5, 5.41) is 0. The highest BCUT2D eigenvalue weighted by Gasteiger charge is 2.26. The lowest BCUT2D eigenvalue weighted by atomic mass is 9.82. The van der Waals surface area contributed by atoms with Crippen LogP contribution in [-0.4, -0.2) is 13.1 Å². The van der Waals surface area contributed by atoms with E-state index < -0.39 is 0 Å². The first kappa shape index (κ1) is 14.4. The normalized spacial score (nSPS) is 19.6. The van der Waals surface area contributed by atoms with Gasteiger partial charge >= 0.3 is 0 Å². The van der Waals surface area contributed by atoms with E-state index >= 15 is 0 Å². The van der Waals surface area contributed by atoms with Gasteiger partial charge in [-0.05, 0) is 53.9 Å². The number of anilines is 1. The van der Waals surface area contributed by atoms with E-state index in [1.807, 2.05) is 0 Å². The summed E-state index contributed by atoms with van der Waals surface area (Å²) in [6.45, 7) is 16.3. The molecule has 1 aliphatic heterocycles. The Morgan fingerprint density at radius 3 is 2.11 bits per heavy atom. The maximum atomic E-state index is 2.55. The number of piperidine rings is 1. The van der Waals surface area contributed by atoms with Crippen molar-refractivity contribution in [2.75, 3.05) is 18.0 Å². The van der Waals surface area contributed by atoms with Gasteiger partial charge < -0.3 is 4.90 Å². The summed E-state index contributed by atoms with van der Waals surface area (Å²) in [5.74, 6) is 0. The Bertz CT molecular complexity index is 441. The number of hydrogen-bond donors (Lipinski definition) is 0. The standard InChI is InChI=1S/C18H29N/c1-14-13-15(7-8-16(14)17(2,3)4)19-11-9-18(5,6)10-12-19/h7-8,13H,9-12H2,1-6H3. The van der Waals surface area contributed by atoms with Gasteiger partial charge in [-0.25, -0.2) is 0 Å². The van der Waals surface area contributed by atoms with Crippen molar-refractivity contribution in [3.8, 4) is 0 Å². The Kier molecular flexibility index (Phi) is 3.68. The van der Waals surface area contributed by atoms with Crippen LogP contribution < -0.4 is 4.90 Å². The lowest BCUT2D eigenvalue weighted by Gasteiger charge is -2.38. The third-order valence-electron chi connectivity index (χ3n) is 4.50. The van der Waals surface area contributed by atoms with Gasteiger partial charge in [-0.15, -0.1) is 0 Å². The number of rotatable bonds is 1. The summed E-state index contributed by atoms with van der Waals surface area (Å²) in [6.07, 6.45) is 2.60. The third-order valence-corrected chi connectivity index (χ3v) is 4.50. The molecule has 0 aliphatic carbocycles. The van der Waals surface area contributed by atoms with Crippen molar-refractivity contribution in [2.24, 2.45) is 5.41 Å². The third kappa shape index (κ3) is 3.32. The molecule has 1 heterocycles. The van der Waals surface area contributed by atoms with Gasteiger partial charge in [0, 0.05) is 18.8 Å². The van der Waals surface area contributed by atoms with Gasteiger partial charge in [0.2, 0.25) is 0 Å². The highest BCUT2D eigenvalue weighted by Crippen LogP contribution is 2.34. The number of hydrogen-bond acceptors (Lipinski definition) is 1. The van der Waals surface area contributed by atoms with E-state index in [1.54, 1.807) is 0 Å². The van der Waals surface area contributed by atoms with Gasteiger partial charge in [-0.2, -0.15) is 0 Å². The van der Waals surface area contributed by atoms with E-state index in [9.17, 15) is 0 Å². The molecule has 1 fully saturated rings. The summed E-state index contributed by atoms with van der Waals surface area (Å²) in [7, 11) is 0. The molecule has 0 saturated carbocycles. The first-order chi connectivity index (χ1) is 8.69. The highest BCUT2D eigenvalue weighted by molar-refractivity contribution is 5.52. The van der Waals surface area contributed by atoms with Crippen LogP contribution in [0.15, 0.2) is 18.2 Å². The molecule has 1 nitrogen and oxygen atoms in total. The Labute approximate surface area is 119 Å². The minimum Gasteiger partial charge on any atom is -0.371 e. The van der Waals surface area contributed by atoms with E-state index in [-0.39, 0.29) is 5.41 Å². The Hall–Kier alpha value is -0.980. The van der Waals surface area contributed by atoms with Gasteiger partial charge in [0.25, 0.3) is 0 Å². The zero-order valence-corrected chi connectivity index (χ0v) is 13.5. The smallest absolute Gasteiger partial charge is 0.0369 e. The van der Waals surface area contributed by atoms with Gasteiger partial charge in [0.15, 0.2) is 0 Å². The monoisotopic (exact) mass is 259 g/mol. The minimum absolute atomic E-state index is 0.243. The molecule has 1 aromatic rings. The van der Waals surface area contributed by atoms with Crippen LogP contribution in [0.3, 0.4) is 0 Å². The van der Waals surface area contributed by atoms with Gasteiger partial charge in [0.1, 0.15) is 0 Å². The number of benzene rings is 1. The molecule has 0 bridgehead atoms. The Morgan fingerprint density at radius 2 is 1.63 bits per heavy atom. The van der Waals surface area contributed by atoms with Gasteiger partial charge in [-0.3, -0.25) is 0 Å². The predicted octanol–water partition coefficient (Wildman–Crippen LogP) is 4.92. The molecule has 1 aromatic carbocycles. The molecule has 1 aliphatic rings. The van der Waals surface area contributed by atoms with Crippen LogP contribution in [0.5, 0.6) is 0 Å². The van der Waals surface area contributed by atoms with Crippen molar-refractivity contribution in [2.45, 2.75) is 59.8 Å². The highest BCUT2D eigenvalue weighted by atomic mass is 15.1. The minimum atomic E-state index is 0.243. The fourth-order valence-corrected chi connectivity index (χ4v) is 3.06.